The molecule has 2 aliphatic rings. The van der Waals surface area contributed by atoms with Gasteiger partial charge in [-0.05, 0) is 23.8 Å². The first kappa shape index (κ1) is 13.1. The predicted molar refractivity (Wildman–Crippen MR) is 74.7 cm³/mol. The van der Waals surface area contributed by atoms with Gasteiger partial charge in [-0.15, -0.1) is 0 Å². The quantitative estimate of drug-likeness (QED) is 0.818. The minimum absolute atomic E-state index is 0.0702. The number of carbonyl (C=O) groups excluding carboxylic acids is 1. The third-order valence-corrected chi connectivity index (χ3v) is 5.91. The van der Waals surface area contributed by atoms with Crippen LogP contribution in [0.4, 0.5) is 5.69 Å². The molecule has 0 aromatic carbocycles. The van der Waals surface area contributed by atoms with Crippen LogP contribution < -0.4 is 4.90 Å². The van der Waals surface area contributed by atoms with Gasteiger partial charge in [0.25, 0.3) is 0 Å². The lowest BCUT2D eigenvalue weighted by atomic mass is 9.88. The number of fused-ring (bicyclic) bond motifs is 1. The Labute approximate surface area is 116 Å². The molecule has 5 nitrogen and oxygen atoms in total. The molecule has 0 spiro atoms. The molecule has 2 saturated heterocycles. The lowest BCUT2D eigenvalue weighted by molar-refractivity contribution is -0.124. The molecule has 0 N–H and O–H groups in total. The van der Waals surface area contributed by atoms with Crippen molar-refractivity contribution in [2.45, 2.75) is 6.42 Å². The minimum Gasteiger partial charge on any atom is -0.311 e. The van der Waals surface area contributed by atoms with Crippen LogP contribution >= 0.6 is 11.3 Å². The Morgan fingerprint density at radius 2 is 2.16 bits per heavy atom. The van der Waals surface area contributed by atoms with Gasteiger partial charge in [0.1, 0.15) is 0 Å². The summed E-state index contributed by atoms with van der Waals surface area (Å²) in [4.78, 5) is 14.3. The molecule has 2 unspecified atom stereocenters. The van der Waals surface area contributed by atoms with E-state index in [1.807, 2.05) is 16.8 Å². The van der Waals surface area contributed by atoms with Crippen molar-refractivity contribution >= 4 is 33.0 Å². The summed E-state index contributed by atoms with van der Waals surface area (Å²) in [6.07, 6.45) is 2.09. The largest absolute Gasteiger partial charge is 0.311 e. The average molecular weight is 300 g/mol. The van der Waals surface area contributed by atoms with E-state index in [0.29, 0.717) is 19.6 Å². The number of carbonyl (C=O) groups is 1. The lowest BCUT2D eigenvalue weighted by Gasteiger charge is -2.33. The van der Waals surface area contributed by atoms with Crippen molar-refractivity contribution in [3.63, 3.8) is 0 Å². The number of amides is 1. The van der Waals surface area contributed by atoms with Gasteiger partial charge >= 0.3 is 0 Å². The van der Waals surface area contributed by atoms with Gasteiger partial charge in [-0.1, -0.05) is 0 Å². The van der Waals surface area contributed by atoms with E-state index >= 15 is 0 Å². The molecule has 7 heteroatoms. The molecule has 3 heterocycles. The maximum Gasteiger partial charge on any atom is 0.231 e. The Hall–Kier alpha value is -0.920. The van der Waals surface area contributed by atoms with Crippen LogP contribution in [0.3, 0.4) is 0 Å². The second kappa shape index (κ2) is 4.57. The summed E-state index contributed by atoms with van der Waals surface area (Å²) in [5.41, 5.74) is 0.936. The van der Waals surface area contributed by atoms with Crippen LogP contribution in [0.1, 0.15) is 6.42 Å². The van der Waals surface area contributed by atoms with Crippen molar-refractivity contribution in [1.82, 2.24) is 4.31 Å². The molecule has 0 radical (unpaired) electrons. The molecule has 19 heavy (non-hydrogen) atoms. The number of sulfonamides is 1. The van der Waals surface area contributed by atoms with Crippen LogP contribution in [0.2, 0.25) is 0 Å². The van der Waals surface area contributed by atoms with Gasteiger partial charge in [0.2, 0.25) is 15.9 Å². The first-order valence-corrected chi connectivity index (χ1v) is 9.04. The molecular weight excluding hydrogens is 284 g/mol. The van der Waals surface area contributed by atoms with E-state index in [1.165, 1.54) is 10.6 Å². The Morgan fingerprint density at radius 3 is 2.79 bits per heavy atom. The minimum atomic E-state index is -3.19. The first-order valence-electron chi connectivity index (χ1n) is 6.25. The van der Waals surface area contributed by atoms with Gasteiger partial charge in [0, 0.05) is 25.0 Å². The summed E-state index contributed by atoms with van der Waals surface area (Å²) in [6, 6.07) is 1.94. The van der Waals surface area contributed by atoms with E-state index < -0.39 is 10.0 Å². The monoisotopic (exact) mass is 300 g/mol. The van der Waals surface area contributed by atoms with Gasteiger partial charge in [0.05, 0.1) is 17.9 Å². The molecule has 0 bridgehead atoms. The van der Waals surface area contributed by atoms with Gasteiger partial charge in [-0.3, -0.25) is 4.79 Å². The first-order chi connectivity index (χ1) is 8.97. The van der Waals surface area contributed by atoms with Crippen LogP contribution in [0, 0.1) is 11.8 Å². The Balaban J connectivity index is 1.81. The third kappa shape index (κ3) is 2.30. The standard InChI is InChI=1S/C12H16N2O3S2/c1-19(16,17)13-6-9-2-4-14(10-3-5-18-8-10)12(15)11(9)7-13/h3,5,8-9,11H,2,4,6-7H2,1H3. The van der Waals surface area contributed by atoms with Gasteiger partial charge in [0.15, 0.2) is 0 Å². The zero-order valence-electron chi connectivity index (χ0n) is 10.7. The number of nitrogens with zero attached hydrogens (tertiary/aromatic N) is 2. The number of anilines is 1. The second-order valence-electron chi connectivity index (χ2n) is 5.21. The highest BCUT2D eigenvalue weighted by molar-refractivity contribution is 7.88. The van der Waals surface area contributed by atoms with Crippen LogP contribution in [0.15, 0.2) is 16.8 Å². The molecule has 2 fully saturated rings. The van der Waals surface area contributed by atoms with E-state index in [2.05, 4.69) is 0 Å². The Kier molecular flexibility index (Phi) is 3.15. The summed E-state index contributed by atoms with van der Waals surface area (Å²) in [6.45, 7) is 1.52. The fourth-order valence-corrected chi connectivity index (χ4v) is 4.48. The number of thiophene rings is 1. The van der Waals surface area contributed by atoms with Crippen molar-refractivity contribution < 1.29 is 13.2 Å². The summed E-state index contributed by atoms with van der Waals surface area (Å²) in [5.74, 6) is 0.0706. The maximum absolute atomic E-state index is 12.5. The van der Waals surface area contributed by atoms with Crippen LogP contribution in [-0.2, 0) is 14.8 Å². The fourth-order valence-electron chi connectivity index (χ4n) is 2.95. The Bertz CT molecular complexity index is 582. The van der Waals surface area contributed by atoms with Crippen molar-refractivity contribution in [2.24, 2.45) is 11.8 Å². The van der Waals surface area contributed by atoms with E-state index in [1.54, 1.807) is 16.2 Å². The molecule has 2 atom stereocenters. The Morgan fingerprint density at radius 1 is 1.37 bits per heavy atom. The topological polar surface area (TPSA) is 57.7 Å². The molecule has 0 aliphatic carbocycles. The van der Waals surface area contributed by atoms with E-state index in [0.717, 1.165) is 12.1 Å². The van der Waals surface area contributed by atoms with Gasteiger partial charge in [-0.25, -0.2) is 12.7 Å². The molecular formula is C12H16N2O3S2. The second-order valence-corrected chi connectivity index (χ2v) is 7.97. The zero-order valence-corrected chi connectivity index (χ0v) is 12.3. The van der Waals surface area contributed by atoms with Crippen molar-refractivity contribution in [3.05, 3.63) is 16.8 Å². The van der Waals surface area contributed by atoms with E-state index in [9.17, 15) is 13.2 Å². The summed E-state index contributed by atoms with van der Waals surface area (Å²) in [7, 11) is -3.19. The molecule has 1 amide bonds. The summed E-state index contributed by atoms with van der Waals surface area (Å²) < 4.78 is 24.6. The average Bonchev–Trinajstić information content (AvgIpc) is 2.96. The van der Waals surface area contributed by atoms with Crippen molar-refractivity contribution in [1.29, 1.82) is 0 Å². The third-order valence-electron chi connectivity index (χ3n) is 4.00. The molecule has 1 aromatic rings. The van der Waals surface area contributed by atoms with E-state index in [4.69, 9.17) is 0 Å². The van der Waals surface area contributed by atoms with Crippen molar-refractivity contribution in [3.8, 4) is 0 Å². The normalized spacial score (nSPS) is 28.7. The molecule has 3 rings (SSSR count). The number of hydrogen-bond acceptors (Lipinski definition) is 4. The van der Waals surface area contributed by atoms with Gasteiger partial charge in [-0.2, -0.15) is 11.3 Å². The van der Waals surface area contributed by atoms with Crippen LogP contribution in [-0.4, -0.2) is 44.5 Å². The zero-order chi connectivity index (χ0) is 13.6. The van der Waals surface area contributed by atoms with Crippen molar-refractivity contribution in [2.75, 3.05) is 30.8 Å². The summed E-state index contributed by atoms with van der Waals surface area (Å²) >= 11 is 1.57. The van der Waals surface area contributed by atoms with Crippen LogP contribution in [0.5, 0.6) is 0 Å². The number of rotatable bonds is 2. The highest BCUT2D eigenvalue weighted by Crippen LogP contribution is 2.35. The predicted octanol–water partition coefficient (Wildman–Crippen LogP) is 0.992. The fraction of sp³-hybridized carbons (Fsp3) is 0.583. The van der Waals surface area contributed by atoms with Crippen LogP contribution in [0.25, 0.3) is 0 Å². The molecule has 0 saturated carbocycles. The number of hydrogen-bond donors (Lipinski definition) is 0. The smallest absolute Gasteiger partial charge is 0.231 e. The highest BCUT2D eigenvalue weighted by atomic mass is 32.2. The summed E-state index contributed by atoms with van der Waals surface area (Å²) in [5, 5.41) is 3.91. The van der Waals surface area contributed by atoms with E-state index in [-0.39, 0.29) is 17.7 Å². The lowest BCUT2D eigenvalue weighted by Crippen LogP contribution is -2.45. The maximum atomic E-state index is 12.5. The SMILES string of the molecule is CS(=O)(=O)N1CC2CCN(c3ccsc3)C(=O)C2C1. The number of piperidine rings is 1. The van der Waals surface area contributed by atoms with Gasteiger partial charge < -0.3 is 4.90 Å². The molecule has 2 aliphatic heterocycles. The highest BCUT2D eigenvalue weighted by Gasteiger charge is 2.45. The molecule has 1 aromatic heterocycles. The molecule has 104 valence electrons.